The number of nitrogens with zero attached hydrogens (tertiary/aromatic N) is 2. The Morgan fingerprint density at radius 1 is 0.682 bits per heavy atom. The van der Waals surface area contributed by atoms with E-state index < -0.39 is 0 Å². The molecule has 2 nitrogen and oxygen atoms in total. The third-order valence-electron chi connectivity index (χ3n) is 3.70. The Kier molecular flexibility index (Phi) is 3.13. The van der Waals surface area contributed by atoms with Gasteiger partial charge in [-0.15, -0.1) is 0 Å². The summed E-state index contributed by atoms with van der Waals surface area (Å²) in [5.74, 6) is 0. The zero-order valence-electron chi connectivity index (χ0n) is 12.0. The summed E-state index contributed by atoms with van der Waals surface area (Å²) < 4.78 is 0. The minimum absolute atomic E-state index is 0.867. The van der Waals surface area contributed by atoms with Gasteiger partial charge >= 0.3 is 0 Å². The molecule has 1 aromatic heterocycles. The largest absolute Gasteiger partial charge is 0.255 e. The molecule has 2 heteroatoms. The zero-order chi connectivity index (χ0) is 14.8. The van der Waals surface area contributed by atoms with Crippen LogP contribution in [0, 0.1) is 0 Å². The van der Waals surface area contributed by atoms with Gasteiger partial charge in [0.1, 0.15) is 0 Å². The minimum atomic E-state index is 0.867. The standard InChI is InChI=1S/C20H14N2/c1-2-7-17-13-18(11-9-15(17)5-1)21-14-19-12-10-16-6-3-4-8-20(16)22-19/h1-14H. The highest BCUT2D eigenvalue weighted by Crippen LogP contribution is 2.21. The van der Waals surface area contributed by atoms with E-state index in [9.17, 15) is 0 Å². The van der Waals surface area contributed by atoms with E-state index in [-0.39, 0.29) is 0 Å². The van der Waals surface area contributed by atoms with Crippen LogP contribution in [0.4, 0.5) is 5.69 Å². The van der Waals surface area contributed by atoms with E-state index in [2.05, 4.69) is 46.4 Å². The molecule has 1 heterocycles. The second kappa shape index (κ2) is 5.41. The van der Waals surface area contributed by atoms with Crippen LogP contribution < -0.4 is 0 Å². The molecule has 0 atom stereocenters. The van der Waals surface area contributed by atoms with Gasteiger partial charge in [0.15, 0.2) is 0 Å². The maximum absolute atomic E-state index is 4.60. The maximum atomic E-state index is 4.60. The van der Waals surface area contributed by atoms with E-state index in [0.717, 1.165) is 22.3 Å². The van der Waals surface area contributed by atoms with Crippen LogP contribution >= 0.6 is 0 Å². The quantitative estimate of drug-likeness (QED) is 0.467. The van der Waals surface area contributed by atoms with Gasteiger partial charge in [-0.3, -0.25) is 4.99 Å². The number of fused-ring (bicyclic) bond motifs is 2. The molecule has 0 aliphatic heterocycles. The van der Waals surface area contributed by atoms with Gasteiger partial charge in [-0.1, -0.05) is 54.6 Å². The van der Waals surface area contributed by atoms with Gasteiger partial charge in [0.25, 0.3) is 0 Å². The fourth-order valence-electron chi connectivity index (χ4n) is 2.55. The zero-order valence-corrected chi connectivity index (χ0v) is 12.0. The van der Waals surface area contributed by atoms with Crippen molar-refractivity contribution in [1.29, 1.82) is 0 Å². The van der Waals surface area contributed by atoms with Crippen molar-refractivity contribution in [2.75, 3.05) is 0 Å². The summed E-state index contributed by atoms with van der Waals surface area (Å²) in [6, 6.07) is 26.7. The predicted octanol–water partition coefficient (Wildman–Crippen LogP) is 5.14. The van der Waals surface area contributed by atoms with E-state index >= 15 is 0 Å². The lowest BCUT2D eigenvalue weighted by Crippen LogP contribution is -1.87. The van der Waals surface area contributed by atoms with Crippen LogP contribution in [0.3, 0.4) is 0 Å². The minimum Gasteiger partial charge on any atom is -0.255 e. The molecular formula is C20H14N2. The molecule has 0 amide bonds. The van der Waals surface area contributed by atoms with Crippen LogP contribution in [0.5, 0.6) is 0 Å². The third kappa shape index (κ3) is 2.47. The number of benzene rings is 3. The Hall–Kier alpha value is -3.00. The average molecular weight is 282 g/mol. The molecule has 0 saturated carbocycles. The fraction of sp³-hybridized carbons (Fsp3) is 0. The number of para-hydroxylation sites is 1. The maximum Gasteiger partial charge on any atom is 0.0820 e. The summed E-state index contributed by atoms with van der Waals surface area (Å²) in [6.45, 7) is 0. The predicted molar refractivity (Wildman–Crippen MR) is 92.9 cm³/mol. The van der Waals surface area contributed by atoms with Crippen molar-refractivity contribution in [3.63, 3.8) is 0 Å². The number of pyridine rings is 1. The molecule has 22 heavy (non-hydrogen) atoms. The molecule has 4 rings (SSSR count). The summed E-state index contributed by atoms with van der Waals surface area (Å²) in [5.41, 5.74) is 2.80. The lowest BCUT2D eigenvalue weighted by atomic mass is 10.1. The molecule has 0 unspecified atom stereocenters. The Bertz CT molecular complexity index is 905. The van der Waals surface area contributed by atoms with Gasteiger partial charge < -0.3 is 0 Å². The lowest BCUT2D eigenvalue weighted by Gasteiger charge is -2.00. The first-order chi connectivity index (χ1) is 10.9. The summed E-state index contributed by atoms with van der Waals surface area (Å²) in [5, 5.41) is 3.57. The molecule has 4 aromatic rings. The van der Waals surface area contributed by atoms with Crippen LogP contribution in [0.2, 0.25) is 0 Å². The summed E-state index contributed by atoms with van der Waals surface area (Å²) in [4.78, 5) is 9.15. The SMILES string of the molecule is C(=Nc1ccc2ccccc2c1)c1ccc2ccccc2n1. The topological polar surface area (TPSA) is 25.2 Å². The fourth-order valence-corrected chi connectivity index (χ4v) is 2.55. The highest BCUT2D eigenvalue weighted by atomic mass is 14.8. The van der Waals surface area contributed by atoms with Gasteiger partial charge in [-0.05, 0) is 35.0 Å². The van der Waals surface area contributed by atoms with Crippen molar-refractivity contribution in [2.24, 2.45) is 4.99 Å². The van der Waals surface area contributed by atoms with E-state index in [4.69, 9.17) is 0 Å². The monoisotopic (exact) mass is 282 g/mol. The highest BCUT2D eigenvalue weighted by Gasteiger charge is 1.96. The van der Waals surface area contributed by atoms with E-state index in [0.29, 0.717) is 0 Å². The van der Waals surface area contributed by atoms with E-state index in [1.807, 2.05) is 48.7 Å². The molecule has 0 fully saturated rings. The Morgan fingerprint density at radius 3 is 2.32 bits per heavy atom. The summed E-state index contributed by atoms with van der Waals surface area (Å²) in [7, 11) is 0. The van der Waals surface area contributed by atoms with Gasteiger partial charge in [0.05, 0.1) is 23.1 Å². The molecule has 0 bridgehead atoms. The second-order valence-electron chi connectivity index (χ2n) is 5.22. The van der Waals surface area contributed by atoms with Crippen LogP contribution in [-0.2, 0) is 0 Å². The average Bonchev–Trinajstić information content (AvgIpc) is 2.59. The number of hydrogen-bond acceptors (Lipinski definition) is 2. The van der Waals surface area contributed by atoms with Crippen molar-refractivity contribution < 1.29 is 0 Å². The van der Waals surface area contributed by atoms with Crippen LogP contribution in [0.25, 0.3) is 21.7 Å². The molecule has 104 valence electrons. The van der Waals surface area contributed by atoms with Crippen molar-refractivity contribution in [3.05, 3.63) is 84.6 Å². The molecule has 0 aliphatic rings. The first-order valence-corrected chi connectivity index (χ1v) is 7.27. The Labute approximate surface area is 128 Å². The molecule has 0 N–H and O–H groups in total. The van der Waals surface area contributed by atoms with Crippen LogP contribution in [-0.4, -0.2) is 11.2 Å². The molecular weight excluding hydrogens is 268 g/mol. The van der Waals surface area contributed by atoms with Crippen LogP contribution in [0.1, 0.15) is 5.69 Å². The Morgan fingerprint density at radius 2 is 1.41 bits per heavy atom. The Balaban J connectivity index is 1.68. The number of aromatic nitrogens is 1. The number of rotatable bonds is 2. The lowest BCUT2D eigenvalue weighted by molar-refractivity contribution is 1.37. The normalized spacial score (nSPS) is 11.5. The van der Waals surface area contributed by atoms with Crippen molar-refractivity contribution in [1.82, 2.24) is 4.98 Å². The molecule has 0 spiro atoms. The molecule has 3 aromatic carbocycles. The number of aliphatic imine (C=N–C) groups is 1. The summed E-state index contributed by atoms with van der Waals surface area (Å²) in [6.07, 6.45) is 1.82. The second-order valence-corrected chi connectivity index (χ2v) is 5.22. The van der Waals surface area contributed by atoms with Crippen molar-refractivity contribution >= 4 is 33.6 Å². The van der Waals surface area contributed by atoms with Crippen LogP contribution in [0.15, 0.2) is 83.9 Å². The third-order valence-corrected chi connectivity index (χ3v) is 3.70. The van der Waals surface area contributed by atoms with Gasteiger partial charge in [-0.2, -0.15) is 0 Å². The smallest absolute Gasteiger partial charge is 0.0820 e. The summed E-state index contributed by atoms with van der Waals surface area (Å²) >= 11 is 0. The first-order valence-electron chi connectivity index (χ1n) is 7.27. The molecule has 0 aliphatic carbocycles. The molecule has 0 saturated heterocycles. The van der Waals surface area contributed by atoms with Gasteiger partial charge in [0.2, 0.25) is 0 Å². The number of hydrogen-bond donors (Lipinski definition) is 0. The van der Waals surface area contributed by atoms with Crippen molar-refractivity contribution in [3.8, 4) is 0 Å². The van der Waals surface area contributed by atoms with Gasteiger partial charge in [-0.25, -0.2) is 4.98 Å². The van der Waals surface area contributed by atoms with E-state index in [1.54, 1.807) is 0 Å². The first kappa shape index (κ1) is 12.7. The highest BCUT2D eigenvalue weighted by molar-refractivity contribution is 5.88. The molecule has 0 radical (unpaired) electrons. The van der Waals surface area contributed by atoms with Gasteiger partial charge in [0, 0.05) is 5.39 Å². The van der Waals surface area contributed by atoms with E-state index in [1.165, 1.54) is 10.8 Å². The van der Waals surface area contributed by atoms with Crippen molar-refractivity contribution in [2.45, 2.75) is 0 Å².